The molecule has 0 radical (unpaired) electrons. The van der Waals surface area contributed by atoms with Crippen LogP contribution in [0.2, 0.25) is 10.0 Å². The number of para-hydroxylation sites is 1. The van der Waals surface area contributed by atoms with Gasteiger partial charge in [-0.3, -0.25) is 9.59 Å². The number of nitrogens with one attached hydrogen (secondary N) is 2. The first-order valence-corrected chi connectivity index (χ1v) is 13.3. The summed E-state index contributed by atoms with van der Waals surface area (Å²) in [7, 11) is 0. The van der Waals surface area contributed by atoms with Crippen molar-refractivity contribution in [3.8, 4) is 11.5 Å². The van der Waals surface area contributed by atoms with Crippen molar-refractivity contribution in [3.63, 3.8) is 0 Å². The van der Waals surface area contributed by atoms with Crippen molar-refractivity contribution in [2.45, 2.75) is 20.0 Å². The minimum Gasteiger partial charge on any atom is -0.490 e. The Balaban J connectivity index is 1.56. The van der Waals surface area contributed by atoms with Gasteiger partial charge in [0.25, 0.3) is 5.91 Å². The number of anilines is 1. The van der Waals surface area contributed by atoms with Crippen LogP contribution in [0.25, 0.3) is 6.08 Å². The maximum atomic E-state index is 13.9. The molecule has 3 aromatic rings. The zero-order valence-corrected chi connectivity index (χ0v) is 23.5. The first-order chi connectivity index (χ1) is 19.7. The molecule has 2 N–H and O–H groups in total. The fourth-order valence-corrected chi connectivity index (χ4v) is 4.53. The lowest BCUT2D eigenvalue weighted by molar-refractivity contribution is -0.127. The number of hydrogen-bond donors (Lipinski definition) is 2. The number of urea groups is 1. The molecule has 0 unspecified atom stereocenters. The average Bonchev–Trinajstić information content (AvgIpc) is 3.18. The van der Waals surface area contributed by atoms with Crippen molar-refractivity contribution in [1.29, 1.82) is 0 Å². The molecule has 0 aliphatic carbocycles. The van der Waals surface area contributed by atoms with Crippen LogP contribution in [0.15, 0.2) is 72.9 Å². The number of carbonyl (C=O) groups excluding carboxylic acids is 3. The highest BCUT2D eigenvalue weighted by atomic mass is 35.5. The first kappa shape index (κ1) is 29.6. The molecule has 41 heavy (non-hydrogen) atoms. The van der Waals surface area contributed by atoms with E-state index in [1.165, 1.54) is 24.3 Å². The third-order valence-corrected chi connectivity index (χ3v) is 6.52. The molecule has 1 fully saturated rings. The number of benzene rings is 3. The van der Waals surface area contributed by atoms with Crippen LogP contribution in [0, 0.1) is 5.82 Å². The summed E-state index contributed by atoms with van der Waals surface area (Å²) in [5, 5.41) is 5.82. The molecule has 1 heterocycles. The van der Waals surface area contributed by atoms with Crippen LogP contribution in [0.5, 0.6) is 11.5 Å². The monoisotopic (exact) mass is 597 g/mol. The summed E-state index contributed by atoms with van der Waals surface area (Å²) in [6, 6.07) is 13.4. The van der Waals surface area contributed by atoms with Gasteiger partial charge in [-0.15, -0.1) is 6.58 Å². The number of rotatable bonds is 11. The largest absolute Gasteiger partial charge is 0.490 e. The number of allylic oxidation sites excluding steroid dienone is 1. The van der Waals surface area contributed by atoms with Crippen molar-refractivity contribution in [3.05, 3.63) is 106 Å². The van der Waals surface area contributed by atoms with Gasteiger partial charge < -0.3 is 20.1 Å². The smallest absolute Gasteiger partial charge is 0.329 e. The topological polar surface area (TPSA) is 97.0 Å². The van der Waals surface area contributed by atoms with Crippen LogP contribution in [-0.2, 0) is 22.6 Å². The van der Waals surface area contributed by atoms with E-state index in [9.17, 15) is 18.8 Å². The molecular formula is C30H26Cl2FN3O5. The zero-order valence-electron chi connectivity index (χ0n) is 22.0. The minimum atomic E-state index is -0.777. The highest BCUT2D eigenvalue weighted by Gasteiger charge is 2.35. The molecule has 11 heteroatoms. The molecule has 8 nitrogen and oxygen atoms in total. The third kappa shape index (κ3) is 7.25. The Morgan fingerprint density at radius 2 is 1.88 bits per heavy atom. The summed E-state index contributed by atoms with van der Waals surface area (Å²) in [5.74, 6) is -1.17. The van der Waals surface area contributed by atoms with Gasteiger partial charge in [0.2, 0.25) is 5.91 Å². The lowest BCUT2D eigenvalue weighted by Crippen LogP contribution is -2.38. The van der Waals surface area contributed by atoms with Gasteiger partial charge in [0.1, 0.15) is 24.7 Å². The van der Waals surface area contributed by atoms with Gasteiger partial charge in [-0.1, -0.05) is 47.5 Å². The van der Waals surface area contributed by atoms with Gasteiger partial charge >= 0.3 is 6.03 Å². The zero-order chi connectivity index (χ0) is 29.5. The van der Waals surface area contributed by atoms with Crippen LogP contribution in [0.1, 0.15) is 23.6 Å². The van der Waals surface area contributed by atoms with Crippen LogP contribution < -0.4 is 20.1 Å². The van der Waals surface area contributed by atoms with E-state index >= 15 is 0 Å². The number of nitrogens with zero attached hydrogens (tertiary/aromatic N) is 1. The molecule has 4 amide bonds. The Morgan fingerprint density at radius 1 is 1.10 bits per heavy atom. The molecule has 1 aliphatic rings. The van der Waals surface area contributed by atoms with Gasteiger partial charge in [0.15, 0.2) is 11.5 Å². The van der Waals surface area contributed by atoms with E-state index in [-0.39, 0.29) is 18.0 Å². The van der Waals surface area contributed by atoms with Crippen molar-refractivity contribution >= 4 is 52.8 Å². The second-order valence-electron chi connectivity index (χ2n) is 8.86. The van der Waals surface area contributed by atoms with Crippen LogP contribution in [0.3, 0.4) is 0 Å². The molecule has 0 aromatic heterocycles. The van der Waals surface area contributed by atoms with E-state index in [4.69, 9.17) is 32.7 Å². The van der Waals surface area contributed by atoms with E-state index in [0.29, 0.717) is 40.1 Å². The highest BCUT2D eigenvalue weighted by Crippen LogP contribution is 2.36. The highest BCUT2D eigenvalue weighted by molar-refractivity contribution is 6.35. The van der Waals surface area contributed by atoms with E-state index < -0.39 is 30.2 Å². The molecule has 212 valence electrons. The molecule has 0 atom stereocenters. The van der Waals surface area contributed by atoms with Crippen LogP contribution in [-0.4, -0.2) is 35.9 Å². The van der Waals surface area contributed by atoms with E-state index in [1.54, 1.807) is 42.5 Å². The van der Waals surface area contributed by atoms with Gasteiger partial charge in [0, 0.05) is 21.2 Å². The average molecular weight is 598 g/mol. The number of hydrogen-bond acceptors (Lipinski definition) is 5. The molecule has 1 saturated heterocycles. The third-order valence-electron chi connectivity index (χ3n) is 5.93. The standard InChI is InChI=1S/C30H26Cl2FN3O5/c1-3-7-19-12-18(14-26(40-4-2)28(19)41-17-20-10-11-21(31)15-22(20)32)13-25-29(38)36(30(39)35-25)16-27(37)34-24-9-6-5-8-23(24)33/h3,5-6,8-15H,1,4,7,16-17H2,2H3,(H,34,37)(H,35,39)/b25-13+. The molecule has 0 saturated carbocycles. The second kappa shape index (κ2) is 13.3. The van der Waals surface area contributed by atoms with Crippen molar-refractivity contribution in [1.82, 2.24) is 10.2 Å². The lowest BCUT2D eigenvalue weighted by Gasteiger charge is -2.17. The summed E-state index contributed by atoms with van der Waals surface area (Å²) < 4.78 is 25.8. The SMILES string of the molecule is C=CCc1cc(/C=C2/NC(=O)N(CC(=O)Nc3ccccc3F)C2=O)cc(OCC)c1OCc1ccc(Cl)cc1Cl. The Bertz CT molecular complexity index is 1540. The Kier molecular flexibility index (Phi) is 9.65. The van der Waals surface area contributed by atoms with Crippen molar-refractivity contribution < 1.29 is 28.2 Å². The molecule has 0 spiro atoms. The predicted octanol–water partition coefficient (Wildman–Crippen LogP) is 6.37. The van der Waals surface area contributed by atoms with Gasteiger partial charge in [-0.2, -0.15) is 0 Å². The number of amides is 4. The van der Waals surface area contributed by atoms with Crippen LogP contribution >= 0.6 is 23.2 Å². The molecule has 4 rings (SSSR count). The fourth-order valence-electron chi connectivity index (χ4n) is 4.07. The summed E-state index contributed by atoms with van der Waals surface area (Å²) in [4.78, 5) is 38.7. The Morgan fingerprint density at radius 3 is 2.59 bits per heavy atom. The number of ether oxygens (including phenoxy) is 2. The van der Waals surface area contributed by atoms with Gasteiger partial charge in [-0.05, 0) is 61.4 Å². The predicted molar refractivity (Wildman–Crippen MR) is 156 cm³/mol. The molecule has 3 aromatic carbocycles. The summed E-state index contributed by atoms with van der Waals surface area (Å²) >= 11 is 12.3. The normalized spacial score (nSPS) is 13.8. The molecule has 1 aliphatic heterocycles. The number of halogens is 3. The molecule has 0 bridgehead atoms. The maximum Gasteiger partial charge on any atom is 0.329 e. The second-order valence-corrected chi connectivity index (χ2v) is 9.71. The van der Waals surface area contributed by atoms with Crippen molar-refractivity contribution in [2.24, 2.45) is 0 Å². The van der Waals surface area contributed by atoms with Gasteiger partial charge in [-0.25, -0.2) is 14.1 Å². The molecular weight excluding hydrogens is 572 g/mol. The number of imide groups is 1. The maximum absolute atomic E-state index is 13.9. The summed E-state index contributed by atoms with van der Waals surface area (Å²) in [6.07, 6.45) is 3.59. The van der Waals surface area contributed by atoms with E-state index in [0.717, 1.165) is 16.0 Å². The minimum absolute atomic E-state index is 0.0395. The first-order valence-electron chi connectivity index (χ1n) is 12.6. The Hall–Kier alpha value is -4.34. The van der Waals surface area contributed by atoms with E-state index in [1.807, 2.05) is 6.92 Å². The van der Waals surface area contributed by atoms with Gasteiger partial charge in [0.05, 0.1) is 12.3 Å². The number of carbonyl (C=O) groups is 3. The lowest BCUT2D eigenvalue weighted by atomic mass is 10.0. The summed E-state index contributed by atoms with van der Waals surface area (Å²) in [6.45, 7) is 5.53. The van der Waals surface area contributed by atoms with Crippen LogP contribution in [0.4, 0.5) is 14.9 Å². The fraction of sp³-hybridized carbons (Fsp3) is 0.167. The van der Waals surface area contributed by atoms with Crippen molar-refractivity contribution in [2.75, 3.05) is 18.5 Å². The summed E-state index contributed by atoms with van der Waals surface area (Å²) in [5.41, 5.74) is 1.90. The quantitative estimate of drug-likeness (QED) is 0.152. The van der Waals surface area contributed by atoms with E-state index in [2.05, 4.69) is 17.2 Å². The Labute approximate surface area is 246 Å².